The predicted octanol–water partition coefficient (Wildman–Crippen LogP) is 1.36. The highest BCUT2D eigenvalue weighted by Gasteiger charge is 2.36. The summed E-state index contributed by atoms with van der Waals surface area (Å²) in [5.41, 5.74) is 1.46. The van der Waals surface area contributed by atoms with E-state index in [2.05, 4.69) is 47.8 Å². The van der Waals surface area contributed by atoms with Gasteiger partial charge in [0.1, 0.15) is 0 Å². The number of aromatic nitrogens is 1. The van der Waals surface area contributed by atoms with Gasteiger partial charge >= 0.3 is 0 Å². The van der Waals surface area contributed by atoms with E-state index in [1.807, 2.05) is 12.4 Å². The van der Waals surface area contributed by atoms with E-state index < -0.39 is 0 Å². The topological polar surface area (TPSA) is 39.6 Å². The summed E-state index contributed by atoms with van der Waals surface area (Å²) in [4.78, 5) is 8.96. The highest BCUT2D eigenvalue weighted by Crippen LogP contribution is 2.26. The number of nitrogens with zero attached hydrogens (tertiary/aromatic N) is 3. The molecule has 0 amide bonds. The van der Waals surface area contributed by atoms with Crippen LogP contribution in [-0.2, 0) is 6.54 Å². The van der Waals surface area contributed by atoms with E-state index in [0.29, 0.717) is 6.04 Å². The third-order valence-corrected chi connectivity index (χ3v) is 4.13. The van der Waals surface area contributed by atoms with Crippen LogP contribution in [0, 0.1) is 0 Å². The fraction of sp³-hybridized carbons (Fsp3) is 0.667. The van der Waals surface area contributed by atoms with Crippen molar-refractivity contribution in [1.29, 1.82) is 0 Å². The Balaban J connectivity index is 2.08. The van der Waals surface area contributed by atoms with Crippen LogP contribution in [0.5, 0.6) is 0 Å². The first-order valence-corrected chi connectivity index (χ1v) is 6.98. The van der Waals surface area contributed by atoms with Gasteiger partial charge in [-0.3, -0.25) is 9.88 Å². The van der Waals surface area contributed by atoms with Crippen molar-refractivity contribution in [3.63, 3.8) is 0 Å². The molecule has 0 saturated carbocycles. The molecule has 1 saturated heterocycles. The SMILES string of the molecule is CN1CC(C)(C)N(Cc2ccncc2)CC1CCO. The number of piperazine rings is 1. The Morgan fingerprint density at radius 3 is 2.68 bits per heavy atom. The lowest BCUT2D eigenvalue weighted by Gasteiger charge is -2.50. The second-order valence-electron chi connectivity index (χ2n) is 6.13. The Morgan fingerprint density at radius 2 is 2.05 bits per heavy atom. The Morgan fingerprint density at radius 1 is 1.37 bits per heavy atom. The molecule has 0 spiro atoms. The molecule has 2 heterocycles. The fourth-order valence-electron chi connectivity index (χ4n) is 2.93. The van der Waals surface area contributed by atoms with Gasteiger partial charge in [-0.15, -0.1) is 0 Å². The van der Waals surface area contributed by atoms with Crippen molar-refractivity contribution in [2.24, 2.45) is 0 Å². The molecule has 1 N–H and O–H groups in total. The Labute approximate surface area is 116 Å². The van der Waals surface area contributed by atoms with E-state index in [1.165, 1.54) is 5.56 Å². The van der Waals surface area contributed by atoms with Crippen molar-refractivity contribution >= 4 is 0 Å². The van der Waals surface area contributed by atoms with Crippen molar-refractivity contribution < 1.29 is 5.11 Å². The maximum atomic E-state index is 9.19. The highest BCUT2D eigenvalue weighted by molar-refractivity contribution is 5.11. The summed E-state index contributed by atoms with van der Waals surface area (Å²) in [6.45, 7) is 7.83. The van der Waals surface area contributed by atoms with Crippen LogP contribution in [0.25, 0.3) is 0 Å². The van der Waals surface area contributed by atoms with Gasteiger partial charge in [0.25, 0.3) is 0 Å². The number of likely N-dealkylation sites (N-methyl/N-ethyl adjacent to an activating group) is 1. The number of aliphatic hydroxyl groups is 1. The van der Waals surface area contributed by atoms with Crippen LogP contribution in [0.3, 0.4) is 0 Å². The van der Waals surface area contributed by atoms with Gasteiger partial charge in [0.15, 0.2) is 0 Å². The van der Waals surface area contributed by atoms with E-state index >= 15 is 0 Å². The smallest absolute Gasteiger partial charge is 0.0446 e. The van der Waals surface area contributed by atoms with Crippen molar-refractivity contribution in [3.8, 4) is 0 Å². The van der Waals surface area contributed by atoms with Crippen molar-refractivity contribution in [2.45, 2.75) is 38.4 Å². The summed E-state index contributed by atoms with van der Waals surface area (Å²) in [5, 5.41) is 9.19. The first-order chi connectivity index (χ1) is 9.03. The second-order valence-corrected chi connectivity index (χ2v) is 6.13. The first-order valence-electron chi connectivity index (χ1n) is 6.98. The van der Waals surface area contributed by atoms with E-state index in [9.17, 15) is 5.11 Å². The molecule has 0 radical (unpaired) electrons. The van der Waals surface area contributed by atoms with Gasteiger partial charge in [0.2, 0.25) is 0 Å². The van der Waals surface area contributed by atoms with Crippen LogP contribution in [0.1, 0.15) is 25.8 Å². The zero-order valence-corrected chi connectivity index (χ0v) is 12.2. The van der Waals surface area contributed by atoms with Gasteiger partial charge in [-0.2, -0.15) is 0 Å². The third kappa shape index (κ3) is 3.53. The van der Waals surface area contributed by atoms with Crippen molar-refractivity contribution in [3.05, 3.63) is 30.1 Å². The molecule has 1 atom stereocenters. The quantitative estimate of drug-likeness (QED) is 0.890. The van der Waals surface area contributed by atoms with E-state index in [1.54, 1.807) is 0 Å². The van der Waals surface area contributed by atoms with Crippen LogP contribution < -0.4 is 0 Å². The van der Waals surface area contributed by atoms with Gasteiger partial charge in [0.05, 0.1) is 0 Å². The third-order valence-electron chi connectivity index (χ3n) is 4.13. The molecule has 1 fully saturated rings. The second kappa shape index (κ2) is 5.99. The summed E-state index contributed by atoms with van der Waals surface area (Å²) >= 11 is 0. The highest BCUT2D eigenvalue weighted by atomic mass is 16.3. The molecule has 0 aromatic carbocycles. The summed E-state index contributed by atoms with van der Waals surface area (Å²) in [5.74, 6) is 0. The van der Waals surface area contributed by atoms with Gasteiger partial charge < -0.3 is 10.0 Å². The Kier molecular flexibility index (Phi) is 4.55. The molecule has 1 unspecified atom stereocenters. The summed E-state index contributed by atoms with van der Waals surface area (Å²) in [6, 6.07) is 4.60. The van der Waals surface area contributed by atoms with Crippen LogP contribution in [0.4, 0.5) is 0 Å². The predicted molar refractivity (Wildman–Crippen MR) is 76.8 cm³/mol. The standard InChI is InChI=1S/C15H25N3O/c1-15(2)12-17(3)14(6-9-19)11-18(15)10-13-4-7-16-8-5-13/h4-5,7-8,14,19H,6,9-12H2,1-3H3. The summed E-state index contributed by atoms with van der Waals surface area (Å²) in [6.07, 6.45) is 4.55. The molecular formula is C15H25N3O. The molecule has 4 nitrogen and oxygen atoms in total. The number of hydrogen-bond donors (Lipinski definition) is 1. The summed E-state index contributed by atoms with van der Waals surface area (Å²) in [7, 11) is 2.16. The molecule has 1 aliphatic heterocycles. The maximum absolute atomic E-state index is 9.19. The van der Waals surface area contributed by atoms with E-state index in [-0.39, 0.29) is 12.1 Å². The monoisotopic (exact) mass is 263 g/mol. The number of aliphatic hydroxyl groups excluding tert-OH is 1. The van der Waals surface area contributed by atoms with Gasteiger partial charge in [-0.05, 0) is 45.0 Å². The molecule has 106 valence electrons. The lowest BCUT2D eigenvalue weighted by atomic mass is 9.94. The zero-order valence-electron chi connectivity index (χ0n) is 12.2. The number of hydrogen-bond acceptors (Lipinski definition) is 4. The average molecular weight is 263 g/mol. The van der Waals surface area contributed by atoms with Crippen LogP contribution in [0.15, 0.2) is 24.5 Å². The van der Waals surface area contributed by atoms with Gasteiger partial charge in [-0.25, -0.2) is 0 Å². The molecule has 19 heavy (non-hydrogen) atoms. The molecule has 4 heteroatoms. The molecular weight excluding hydrogens is 238 g/mol. The Bertz CT molecular complexity index is 394. The lowest BCUT2D eigenvalue weighted by Crippen LogP contribution is -2.61. The minimum absolute atomic E-state index is 0.157. The molecule has 0 aliphatic carbocycles. The van der Waals surface area contributed by atoms with Gasteiger partial charge in [0, 0.05) is 50.2 Å². The molecule has 1 aliphatic rings. The lowest BCUT2D eigenvalue weighted by molar-refractivity contribution is -0.0171. The number of rotatable bonds is 4. The molecule has 1 aromatic rings. The average Bonchev–Trinajstić information content (AvgIpc) is 2.36. The van der Waals surface area contributed by atoms with Crippen molar-refractivity contribution in [1.82, 2.24) is 14.8 Å². The maximum Gasteiger partial charge on any atom is 0.0446 e. The van der Waals surface area contributed by atoms with Crippen LogP contribution in [0.2, 0.25) is 0 Å². The minimum atomic E-state index is 0.157. The molecule has 1 aromatic heterocycles. The van der Waals surface area contributed by atoms with E-state index in [0.717, 1.165) is 26.1 Å². The Hall–Kier alpha value is -0.970. The van der Waals surface area contributed by atoms with E-state index in [4.69, 9.17) is 0 Å². The van der Waals surface area contributed by atoms with Crippen LogP contribution >= 0.6 is 0 Å². The largest absolute Gasteiger partial charge is 0.396 e. The molecule has 0 bridgehead atoms. The number of pyridine rings is 1. The minimum Gasteiger partial charge on any atom is -0.396 e. The zero-order chi connectivity index (χ0) is 13.9. The normalized spacial score (nSPS) is 24.5. The molecule has 2 rings (SSSR count). The first kappa shape index (κ1) is 14.4. The van der Waals surface area contributed by atoms with Crippen LogP contribution in [-0.4, -0.2) is 58.2 Å². The summed E-state index contributed by atoms with van der Waals surface area (Å²) < 4.78 is 0. The van der Waals surface area contributed by atoms with Crippen molar-refractivity contribution in [2.75, 3.05) is 26.7 Å². The van der Waals surface area contributed by atoms with Gasteiger partial charge in [-0.1, -0.05) is 0 Å². The fourth-order valence-corrected chi connectivity index (χ4v) is 2.93.